The molecule has 0 saturated heterocycles. The van der Waals surface area contributed by atoms with Crippen molar-refractivity contribution in [1.29, 1.82) is 0 Å². The summed E-state index contributed by atoms with van der Waals surface area (Å²) in [6.07, 6.45) is 10.2. The maximum Gasteiger partial charge on any atom is 0.163 e. The molecule has 2 heteroatoms. The van der Waals surface area contributed by atoms with Crippen molar-refractivity contribution in [2.75, 3.05) is 0 Å². The van der Waals surface area contributed by atoms with Gasteiger partial charge in [-0.05, 0) is 80.8 Å². The van der Waals surface area contributed by atoms with E-state index in [1.54, 1.807) is 0 Å². The third-order valence-electron chi connectivity index (χ3n) is 7.33. The summed E-state index contributed by atoms with van der Waals surface area (Å²) in [5.41, 5.74) is 5.14. The molecular formula is C21H28O2. The molecule has 5 unspecified atom stereocenters. The van der Waals surface area contributed by atoms with Crippen LogP contribution in [0.3, 0.4) is 0 Å². The highest BCUT2D eigenvalue weighted by molar-refractivity contribution is 6.03. The highest BCUT2D eigenvalue weighted by Gasteiger charge is 2.58. The molecule has 124 valence electrons. The molecule has 0 radical (unpaired) electrons. The van der Waals surface area contributed by atoms with Crippen molar-refractivity contribution in [3.8, 4) is 0 Å². The average Bonchev–Trinajstić information content (AvgIpc) is 2.83. The van der Waals surface area contributed by atoms with E-state index in [1.165, 1.54) is 16.7 Å². The first-order chi connectivity index (χ1) is 11.0. The Hall–Kier alpha value is -1.15. The Bertz CT molecular complexity index is 651. The van der Waals surface area contributed by atoms with Gasteiger partial charge >= 0.3 is 0 Å². The van der Waals surface area contributed by atoms with Crippen molar-refractivity contribution in [3.63, 3.8) is 0 Å². The van der Waals surface area contributed by atoms with E-state index in [0.29, 0.717) is 17.6 Å². The molecule has 1 N–H and O–H groups in total. The summed E-state index contributed by atoms with van der Waals surface area (Å²) >= 11 is 0. The summed E-state index contributed by atoms with van der Waals surface area (Å²) in [6.45, 7) is 6.55. The van der Waals surface area contributed by atoms with Crippen LogP contribution in [0, 0.1) is 23.2 Å². The lowest BCUT2D eigenvalue weighted by molar-refractivity contribution is -0.123. The van der Waals surface area contributed by atoms with Gasteiger partial charge in [-0.25, -0.2) is 0 Å². The number of carbonyl (C=O) groups excluding carboxylic acids is 1. The maximum atomic E-state index is 13.4. The van der Waals surface area contributed by atoms with Crippen LogP contribution < -0.4 is 0 Å². The molecule has 5 atom stereocenters. The smallest absolute Gasteiger partial charge is 0.163 e. The second-order valence-corrected chi connectivity index (χ2v) is 8.28. The van der Waals surface area contributed by atoms with Crippen LogP contribution in [0.4, 0.5) is 0 Å². The van der Waals surface area contributed by atoms with Gasteiger partial charge in [0.15, 0.2) is 5.78 Å². The lowest BCUT2D eigenvalue weighted by atomic mass is 9.56. The molecule has 2 fully saturated rings. The number of carbonyl (C=O) groups is 1. The topological polar surface area (TPSA) is 37.3 Å². The van der Waals surface area contributed by atoms with Gasteiger partial charge in [0.25, 0.3) is 0 Å². The summed E-state index contributed by atoms with van der Waals surface area (Å²) in [7, 11) is 0. The van der Waals surface area contributed by atoms with Gasteiger partial charge < -0.3 is 5.11 Å². The van der Waals surface area contributed by atoms with E-state index >= 15 is 0 Å². The Labute approximate surface area is 139 Å². The zero-order valence-corrected chi connectivity index (χ0v) is 14.6. The molecule has 2 nitrogen and oxygen atoms in total. The minimum absolute atomic E-state index is 0.0139. The molecule has 0 aromatic heterocycles. The van der Waals surface area contributed by atoms with Crippen LogP contribution in [-0.4, -0.2) is 17.0 Å². The Morgan fingerprint density at radius 3 is 2.87 bits per heavy atom. The molecule has 0 aromatic carbocycles. The average molecular weight is 312 g/mol. The fourth-order valence-corrected chi connectivity index (χ4v) is 6.07. The highest BCUT2D eigenvalue weighted by Crippen LogP contribution is 2.61. The Kier molecular flexibility index (Phi) is 3.46. The van der Waals surface area contributed by atoms with Gasteiger partial charge in [0.2, 0.25) is 0 Å². The number of aliphatic hydroxyl groups is 1. The predicted molar refractivity (Wildman–Crippen MR) is 91.8 cm³/mol. The van der Waals surface area contributed by atoms with E-state index in [9.17, 15) is 9.90 Å². The second kappa shape index (κ2) is 5.17. The van der Waals surface area contributed by atoms with Gasteiger partial charge in [0, 0.05) is 11.5 Å². The molecule has 2 saturated carbocycles. The predicted octanol–water partition coefficient (Wildman–Crippen LogP) is 4.36. The minimum Gasteiger partial charge on any atom is -0.393 e. The fraction of sp³-hybridized carbons (Fsp3) is 0.667. The van der Waals surface area contributed by atoms with Crippen LogP contribution in [0.15, 0.2) is 34.4 Å². The summed E-state index contributed by atoms with van der Waals surface area (Å²) in [6, 6.07) is 0. The van der Waals surface area contributed by atoms with Gasteiger partial charge in [0.1, 0.15) is 0 Å². The number of rotatable bonds is 0. The van der Waals surface area contributed by atoms with E-state index in [2.05, 4.69) is 32.9 Å². The summed E-state index contributed by atoms with van der Waals surface area (Å²) in [5.74, 6) is 1.55. The molecule has 4 rings (SSSR count). The highest BCUT2D eigenvalue weighted by atomic mass is 16.3. The van der Waals surface area contributed by atoms with Gasteiger partial charge in [-0.1, -0.05) is 24.6 Å². The number of Topliss-reactive ketones (excluding diaryl/α,β-unsaturated/α-hetero) is 1. The van der Waals surface area contributed by atoms with E-state index < -0.39 is 0 Å². The van der Waals surface area contributed by atoms with Crippen LogP contribution in [0.2, 0.25) is 0 Å². The van der Waals surface area contributed by atoms with Gasteiger partial charge in [0.05, 0.1) is 6.10 Å². The molecule has 4 aliphatic carbocycles. The number of hydrogen-bond donors (Lipinski definition) is 1. The zero-order chi connectivity index (χ0) is 16.4. The molecular weight excluding hydrogens is 284 g/mol. The summed E-state index contributed by atoms with van der Waals surface area (Å²) in [5, 5.41) is 10.0. The minimum atomic E-state index is -0.208. The second-order valence-electron chi connectivity index (χ2n) is 8.28. The van der Waals surface area contributed by atoms with Gasteiger partial charge in [-0.15, -0.1) is 0 Å². The van der Waals surface area contributed by atoms with E-state index in [0.717, 1.165) is 44.1 Å². The number of aliphatic hydroxyl groups excluding tert-OH is 1. The Balaban J connectivity index is 1.79. The molecule has 0 heterocycles. The summed E-state index contributed by atoms with van der Waals surface area (Å²) in [4.78, 5) is 13.4. The third kappa shape index (κ3) is 2.00. The van der Waals surface area contributed by atoms with E-state index in [4.69, 9.17) is 0 Å². The molecule has 0 bridgehead atoms. The van der Waals surface area contributed by atoms with Crippen molar-refractivity contribution in [2.24, 2.45) is 23.2 Å². The molecule has 23 heavy (non-hydrogen) atoms. The first-order valence-electron chi connectivity index (χ1n) is 9.25. The number of fused-ring (bicyclic) bond motifs is 5. The first kappa shape index (κ1) is 15.4. The number of allylic oxidation sites excluding steroid dienone is 5. The van der Waals surface area contributed by atoms with Gasteiger partial charge in [-0.2, -0.15) is 0 Å². The van der Waals surface area contributed by atoms with Crippen LogP contribution in [-0.2, 0) is 4.79 Å². The SMILES string of the molecule is C/C=C1/CCC2C(=C1C)C(=O)C1C2CC=C2CC(O)CCC21C. The van der Waals surface area contributed by atoms with Crippen molar-refractivity contribution < 1.29 is 9.90 Å². The fourth-order valence-electron chi connectivity index (χ4n) is 6.07. The lowest BCUT2D eigenvalue weighted by Crippen LogP contribution is -2.43. The van der Waals surface area contributed by atoms with Crippen LogP contribution in [0.25, 0.3) is 0 Å². The van der Waals surface area contributed by atoms with Crippen molar-refractivity contribution in [2.45, 2.75) is 65.4 Å². The van der Waals surface area contributed by atoms with Crippen molar-refractivity contribution >= 4 is 5.78 Å². The summed E-state index contributed by atoms with van der Waals surface area (Å²) < 4.78 is 0. The van der Waals surface area contributed by atoms with Crippen LogP contribution >= 0.6 is 0 Å². The Morgan fingerprint density at radius 1 is 1.35 bits per heavy atom. The number of hydrogen-bond acceptors (Lipinski definition) is 2. The number of ketones is 1. The third-order valence-corrected chi connectivity index (χ3v) is 7.33. The maximum absolute atomic E-state index is 13.4. The first-order valence-corrected chi connectivity index (χ1v) is 9.25. The molecule has 0 aliphatic heterocycles. The van der Waals surface area contributed by atoms with Gasteiger partial charge in [-0.3, -0.25) is 4.79 Å². The standard InChI is InChI=1S/C21H28O2/c1-4-13-5-7-16-17-8-6-14-11-15(22)9-10-21(14,3)19(17)20(23)18(16)12(13)2/h4,6,15-17,19,22H,5,7-11H2,1-3H3/b13-4-. The lowest BCUT2D eigenvalue weighted by Gasteiger charge is -2.47. The zero-order valence-electron chi connectivity index (χ0n) is 14.6. The van der Waals surface area contributed by atoms with E-state index in [1.807, 2.05) is 0 Å². The largest absolute Gasteiger partial charge is 0.393 e. The molecule has 4 aliphatic rings. The van der Waals surface area contributed by atoms with Crippen molar-refractivity contribution in [1.82, 2.24) is 0 Å². The monoisotopic (exact) mass is 312 g/mol. The Morgan fingerprint density at radius 2 is 2.13 bits per heavy atom. The van der Waals surface area contributed by atoms with Crippen LogP contribution in [0.5, 0.6) is 0 Å². The quantitative estimate of drug-likeness (QED) is 0.675. The van der Waals surface area contributed by atoms with Crippen molar-refractivity contribution in [3.05, 3.63) is 34.4 Å². The molecule has 0 amide bonds. The molecule has 0 aromatic rings. The van der Waals surface area contributed by atoms with Crippen LogP contribution in [0.1, 0.15) is 59.3 Å². The van der Waals surface area contributed by atoms with E-state index in [-0.39, 0.29) is 17.4 Å². The normalized spacial score (nSPS) is 44.8. The molecule has 0 spiro atoms.